The van der Waals surface area contributed by atoms with Crippen LogP contribution in [0.4, 0.5) is 5.69 Å². The minimum absolute atomic E-state index is 0.297. The predicted molar refractivity (Wildman–Crippen MR) is 88.3 cm³/mol. The summed E-state index contributed by atoms with van der Waals surface area (Å²) in [4.78, 5) is 0. The van der Waals surface area contributed by atoms with Crippen LogP contribution in [0.3, 0.4) is 0 Å². The fourth-order valence-electron chi connectivity index (χ4n) is 2.56. The van der Waals surface area contributed by atoms with Crippen LogP contribution in [0.2, 0.25) is 10.0 Å². The molecule has 0 heterocycles. The predicted octanol–water partition coefficient (Wildman–Crippen LogP) is 4.36. The SMILES string of the molecule is CC1CCC(OCC(O)CNc2cc(Cl)ccc2Cl)CC1. The molecule has 0 saturated heterocycles. The molecule has 0 aliphatic heterocycles. The van der Waals surface area contributed by atoms with Crippen molar-refractivity contribution in [3.63, 3.8) is 0 Å². The molecule has 1 aliphatic rings. The first-order valence-electron chi connectivity index (χ1n) is 7.53. The van der Waals surface area contributed by atoms with Gasteiger partial charge in [0.15, 0.2) is 0 Å². The Bertz CT molecular complexity index is 448. The van der Waals surface area contributed by atoms with Crippen molar-refractivity contribution in [2.45, 2.75) is 44.8 Å². The van der Waals surface area contributed by atoms with Crippen molar-refractivity contribution in [3.8, 4) is 0 Å². The van der Waals surface area contributed by atoms with Gasteiger partial charge in [0.1, 0.15) is 0 Å². The van der Waals surface area contributed by atoms with Crippen molar-refractivity contribution >= 4 is 28.9 Å². The van der Waals surface area contributed by atoms with Crippen LogP contribution in [0, 0.1) is 5.92 Å². The lowest BCUT2D eigenvalue weighted by Crippen LogP contribution is -2.29. The highest BCUT2D eigenvalue weighted by molar-refractivity contribution is 6.35. The fourth-order valence-corrected chi connectivity index (χ4v) is 2.92. The summed E-state index contributed by atoms with van der Waals surface area (Å²) < 4.78 is 5.79. The highest BCUT2D eigenvalue weighted by atomic mass is 35.5. The second kappa shape index (κ2) is 8.23. The number of aliphatic hydroxyl groups is 1. The Labute approximate surface area is 136 Å². The first-order chi connectivity index (χ1) is 10.0. The van der Waals surface area contributed by atoms with Gasteiger partial charge in [-0.2, -0.15) is 0 Å². The Morgan fingerprint density at radius 1 is 1.29 bits per heavy atom. The molecule has 1 aliphatic carbocycles. The number of anilines is 1. The minimum atomic E-state index is -0.556. The average molecular weight is 332 g/mol. The highest BCUT2D eigenvalue weighted by Gasteiger charge is 2.19. The molecule has 1 fully saturated rings. The van der Waals surface area contributed by atoms with Crippen LogP contribution in [-0.4, -0.2) is 30.5 Å². The van der Waals surface area contributed by atoms with Gasteiger partial charge >= 0.3 is 0 Å². The number of hydrogen-bond donors (Lipinski definition) is 2. The molecule has 0 bridgehead atoms. The average Bonchev–Trinajstić information content (AvgIpc) is 2.47. The number of halogens is 2. The van der Waals surface area contributed by atoms with Gasteiger partial charge in [0.25, 0.3) is 0 Å². The van der Waals surface area contributed by atoms with Crippen LogP contribution >= 0.6 is 23.2 Å². The number of benzene rings is 1. The van der Waals surface area contributed by atoms with Gasteiger partial charge in [-0.3, -0.25) is 0 Å². The molecule has 0 spiro atoms. The van der Waals surface area contributed by atoms with Crippen LogP contribution in [-0.2, 0) is 4.74 Å². The topological polar surface area (TPSA) is 41.5 Å². The number of hydrogen-bond acceptors (Lipinski definition) is 3. The molecule has 5 heteroatoms. The summed E-state index contributed by atoms with van der Waals surface area (Å²) in [7, 11) is 0. The third-order valence-electron chi connectivity index (χ3n) is 3.94. The van der Waals surface area contributed by atoms with Gasteiger partial charge in [-0.05, 0) is 49.8 Å². The van der Waals surface area contributed by atoms with E-state index in [2.05, 4.69) is 12.2 Å². The summed E-state index contributed by atoms with van der Waals surface area (Å²) in [6, 6.07) is 5.22. The number of nitrogens with one attached hydrogen (secondary N) is 1. The Balaban J connectivity index is 1.70. The molecule has 0 aromatic heterocycles. The van der Waals surface area contributed by atoms with Crippen LogP contribution in [0.25, 0.3) is 0 Å². The molecule has 1 atom stereocenters. The molecule has 118 valence electrons. The van der Waals surface area contributed by atoms with E-state index in [-0.39, 0.29) is 0 Å². The van der Waals surface area contributed by atoms with E-state index >= 15 is 0 Å². The lowest BCUT2D eigenvalue weighted by molar-refractivity contribution is -0.0245. The minimum Gasteiger partial charge on any atom is -0.389 e. The Morgan fingerprint density at radius 2 is 2.00 bits per heavy atom. The largest absolute Gasteiger partial charge is 0.389 e. The van der Waals surface area contributed by atoms with Crippen molar-refractivity contribution in [1.29, 1.82) is 0 Å². The maximum Gasteiger partial charge on any atom is 0.0945 e. The molecule has 2 N–H and O–H groups in total. The quantitative estimate of drug-likeness (QED) is 0.813. The lowest BCUT2D eigenvalue weighted by Gasteiger charge is -2.27. The standard InChI is InChI=1S/C16H23Cl2NO2/c1-11-2-5-14(6-3-11)21-10-13(20)9-19-16-8-12(17)4-7-15(16)18/h4,7-8,11,13-14,19-20H,2-3,5-6,9-10H2,1H3. The molecule has 21 heavy (non-hydrogen) atoms. The molecule has 2 rings (SSSR count). The van der Waals surface area contributed by atoms with Gasteiger partial charge < -0.3 is 15.2 Å². The zero-order chi connectivity index (χ0) is 15.2. The van der Waals surface area contributed by atoms with E-state index in [0.29, 0.717) is 29.3 Å². The second-order valence-corrected chi connectivity index (χ2v) is 6.72. The summed E-state index contributed by atoms with van der Waals surface area (Å²) in [6.07, 6.45) is 4.38. The van der Waals surface area contributed by atoms with Gasteiger partial charge in [-0.15, -0.1) is 0 Å². The third kappa shape index (κ3) is 5.67. The van der Waals surface area contributed by atoms with Gasteiger partial charge in [0, 0.05) is 11.6 Å². The van der Waals surface area contributed by atoms with E-state index in [1.165, 1.54) is 12.8 Å². The molecule has 0 radical (unpaired) electrons. The first kappa shape index (κ1) is 16.9. The summed E-state index contributed by atoms with van der Waals surface area (Å²) in [5.41, 5.74) is 0.731. The molecule has 0 amide bonds. The monoisotopic (exact) mass is 331 g/mol. The molecule has 1 aromatic carbocycles. The molecule has 1 saturated carbocycles. The van der Waals surface area contributed by atoms with Crippen LogP contribution in [0.15, 0.2) is 18.2 Å². The molecule has 1 aromatic rings. The summed E-state index contributed by atoms with van der Waals surface area (Å²) >= 11 is 12.0. The molecular formula is C16H23Cl2NO2. The second-order valence-electron chi connectivity index (χ2n) is 5.87. The molecule has 1 unspecified atom stereocenters. The zero-order valence-corrected chi connectivity index (χ0v) is 13.8. The van der Waals surface area contributed by atoms with Crippen molar-refractivity contribution in [3.05, 3.63) is 28.2 Å². The van der Waals surface area contributed by atoms with Crippen molar-refractivity contribution in [1.82, 2.24) is 0 Å². The van der Waals surface area contributed by atoms with Crippen LogP contribution < -0.4 is 5.32 Å². The summed E-state index contributed by atoms with van der Waals surface area (Å²) in [5.74, 6) is 0.807. The van der Waals surface area contributed by atoms with Crippen LogP contribution in [0.1, 0.15) is 32.6 Å². The highest BCUT2D eigenvalue weighted by Crippen LogP contribution is 2.26. The summed E-state index contributed by atoms with van der Waals surface area (Å²) in [5, 5.41) is 14.3. The first-order valence-corrected chi connectivity index (χ1v) is 8.28. The fraction of sp³-hybridized carbons (Fsp3) is 0.625. The Hall–Kier alpha value is -0.480. The zero-order valence-electron chi connectivity index (χ0n) is 12.3. The van der Waals surface area contributed by atoms with E-state index in [0.717, 1.165) is 24.4 Å². The Kier molecular flexibility index (Phi) is 6.62. The maximum atomic E-state index is 9.99. The van der Waals surface area contributed by atoms with E-state index in [9.17, 15) is 5.11 Å². The van der Waals surface area contributed by atoms with E-state index in [1.807, 2.05) is 0 Å². The normalized spacial score (nSPS) is 23.8. The van der Waals surface area contributed by atoms with Gasteiger partial charge in [0.05, 0.1) is 29.5 Å². The van der Waals surface area contributed by atoms with Crippen molar-refractivity contribution in [2.75, 3.05) is 18.5 Å². The number of rotatable bonds is 6. The van der Waals surface area contributed by atoms with Crippen molar-refractivity contribution < 1.29 is 9.84 Å². The van der Waals surface area contributed by atoms with E-state index < -0.39 is 6.10 Å². The van der Waals surface area contributed by atoms with Crippen LogP contribution in [0.5, 0.6) is 0 Å². The molecular weight excluding hydrogens is 309 g/mol. The smallest absolute Gasteiger partial charge is 0.0945 e. The number of ether oxygens (including phenoxy) is 1. The van der Waals surface area contributed by atoms with Crippen molar-refractivity contribution in [2.24, 2.45) is 5.92 Å². The number of aliphatic hydroxyl groups excluding tert-OH is 1. The van der Waals surface area contributed by atoms with E-state index in [1.54, 1.807) is 18.2 Å². The van der Waals surface area contributed by atoms with Gasteiger partial charge in [-0.25, -0.2) is 0 Å². The lowest BCUT2D eigenvalue weighted by atomic mass is 9.89. The maximum absolute atomic E-state index is 9.99. The third-order valence-corrected chi connectivity index (χ3v) is 4.51. The Morgan fingerprint density at radius 3 is 2.71 bits per heavy atom. The van der Waals surface area contributed by atoms with E-state index in [4.69, 9.17) is 27.9 Å². The summed E-state index contributed by atoms with van der Waals surface area (Å²) in [6.45, 7) is 3.02. The molecule has 3 nitrogen and oxygen atoms in total. The van der Waals surface area contributed by atoms with Gasteiger partial charge in [0.2, 0.25) is 0 Å². The van der Waals surface area contributed by atoms with Gasteiger partial charge in [-0.1, -0.05) is 30.1 Å².